The minimum absolute atomic E-state index is 0.0233. The van der Waals surface area contributed by atoms with E-state index in [0.29, 0.717) is 0 Å². The van der Waals surface area contributed by atoms with Gasteiger partial charge in [-0.15, -0.1) is 0 Å². The number of nitrogens with zero attached hydrogens (tertiary/aromatic N) is 5. The molecular weight excluding hydrogens is 705 g/mol. The van der Waals surface area contributed by atoms with E-state index in [1.54, 1.807) is 0 Å². The Morgan fingerprint density at radius 3 is 1.19 bits per heavy atom. The predicted octanol–water partition coefficient (Wildman–Crippen LogP) is 11.4. The Morgan fingerprint density at radius 2 is 0.741 bits per heavy atom. The summed E-state index contributed by atoms with van der Waals surface area (Å²) < 4.78 is 0. The molecule has 58 heavy (non-hydrogen) atoms. The third kappa shape index (κ3) is 5.49. The van der Waals surface area contributed by atoms with Gasteiger partial charge in [0.05, 0.1) is 28.5 Å². The first-order valence-corrected chi connectivity index (χ1v) is 19.7. The fourth-order valence-electron chi connectivity index (χ4n) is 8.95. The Hall–Kier alpha value is -7.70. The molecule has 0 fully saturated rings. The summed E-state index contributed by atoms with van der Waals surface area (Å²) in [5.41, 5.74) is 17.6. The molecular formula is C52H36BN5. The van der Waals surface area contributed by atoms with Crippen LogP contribution in [-0.4, -0.2) is 16.7 Å². The smallest absolute Gasteiger partial charge is 0.252 e. The number of benzene rings is 7. The maximum absolute atomic E-state index is 4.87. The highest BCUT2D eigenvalue weighted by Crippen LogP contribution is 2.50. The highest BCUT2D eigenvalue weighted by atomic mass is 15.2. The van der Waals surface area contributed by atoms with Crippen molar-refractivity contribution in [2.24, 2.45) is 0 Å². The van der Waals surface area contributed by atoms with Crippen molar-refractivity contribution in [2.45, 2.75) is 0 Å². The van der Waals surface area contributed by atoms with E-state index in [-0.39, 0.29) is 6.71 Å². The lowest BCUT2D eigenvalue weighted by atomic mass is 9.33. The Balaban J connectivity index is 1.27. The Labute approximate surface area is 338 Å². The van der Waals surface area contributed by atoms with Gasteiger partial charge in [0, 0.05) is 57.6 Å². The summed E-state index contributed by atoms with van der Waals surface area (Å²) in [5.74, 6) is 0. The van der Waals surface area contributed by atoms with Crippen LogP contribution in [-0.2, 0) is 0 Å². The molecule has 11 rings (SSSR count). The number of fused-ring (bicyclic) bond motifs is 4. The number of aromatic nitrogens is 2. The van der Waals surface area contributed by atoms with Gasteiger partial charge in [-0.2, -0.15) is 0 Å². The van der Waals surface area contributed by atoms with Crippen molar-refractivity contribution in [1.29, 1.82) is 0 Å². The predicted molar refractivity (Wildman–Crippen MR) is 242 cm³/mol. The third-order valence-corrected chi connectivity index (χ3v) is 11.3. The minimum Gasteiger partial charge on any atom is -0.311 e. The lowest BCUT2D eigenvalue weighted by molar-refractivity contribution is 1.22. The van der Waals surface area contributed by atoms with E-state index in [4.69, 9.17) is 9.97 Å². The quantitative estimate of drug-likeness (QED) is 0.152. The molecule has 0 amide bonds. The fourth-order valence-corrected chi connectivity index (χ4v) is 8.95. The topological polar surface area (TPSA) is 35.5 Å². The monoisotopic (exact) mass is 741 g/mol. The number of anilines is 9. The van der Waals surface area contributed by atoms with Crippen molar-refractivity contribution in [2.75, 3.05) is 14.7 Å². The van der Waals surface area contributed by atoms with Gasteiger partial charge in [0.1, 0.15) is 0 Å². The second-order valence-corrected chi connectivity index (χ2v) is 14.6. The second kappa shape index (κ2) is 14.1. The molecule has 2 aromatic heterocycles. The first-order valence-electron chi connectivity index (χ1n) is 19.7. The van der Waals surface area contributed by atoms with Gasteiger partial charge in [-0.1, -0.05) is 121 Å². The van der Waals surface area contributed by atoms with Crippen molar-refractivity contribution in [1.82, 2.24) is 9.97 Å². The van der Waals surface area contributed by atoms with Crippen molar-refractivity contribution in [3.05, 3.63) is 219 Å². The maximum atomic E-state index is 4.87. The Kier molecular flexibility index (Phi) is 8.18. The van der Waals surface area contributed by atoms with E-state index in [2.05, 4.69) is 209 Å². The highest BCUT2D eigenvalue weighted by Gasteiger charge is 2.44. The molecule has 9 aromatic rings. The molecule has 2 aliphatic heterocycles. The van der Waals surface area contributed by atoms with Gasteiger partial charge in [0.15, 0.2) is 0 Å². The largest absolute Gasteiger partial charge is 0.311 e. The molecule has 4 heterocycles. The van der Waals surface area contributed by atoms with Crippen molar-refractivity contribution < 1.29 is 0 Å². The molecule has 0 bridgehead atoms. The lowest BCUT2D eigenvalue weighted by Gasteiger charge is -2.45. The summed E-state index contributed by atoms with van der Waals surface area (Å²) in [6, 6.07) is 73.6. The van der Waals surface area contributed by atoms with E-state index < -0.39 is 0 Å². The molecule has 0 spiro atoms. The summed E-state index contributed by atoms with van der Waals surface area (Å²) in [5, 5.41) is 0. The first-order chi connectivity index (χ1) is 28.8. The molecule has 6 heteroatoms. The number of rotatable bonds is 7. The maximum Gasteiger partial charge on any atom is 0.252 e. The van der Waals surface area contributed by atoms with Gasteiger partial charge in [-0.3, -0.25) is 9.97 Å². The summed E-state index contributed by atoms with van der Waals surface area (Å²) in [6.45, 7) is -0.0233. The summed E-state index contributed by atoms with van der Waals surface area (Å²) >= 11 is 0. The van der Waals surface area contributed by atoms with Crippen LogP contribution in [0.1, 0.15) is 0 Å². The molecule has 0 saturated heterocycles. The summed E-state index contributed by atoms with van der Waals surface area (Å²) in [4.78, 5) is 17.1. The molecule has 0 radical (unpaired) electrons. The SMILES string of the molecule is c1ccc(N(c2ccccc2)c2cc3c4c(c2)N(c2ccccc2-c2ccccn2)c2ccccc2B4c2ccccc2N3c2ccccc2-c2ccccn2)cc1. The average molecular weight is 742 g/mol. The molecule has 0 saturated carbocycles. The van der Waals surface area contributed by atoms with Crippen LogP contribution in [0.5, 0.6) is 0 Å². The Bertz CT molecular complexity index is 2730. The number of pyridine rings is 2. The zero-order valence-electron chi connectivity index (χ0n) is 31.6. The number of para-hydroxylation sites is 6. The first kappa shape index (κ1) is 33.6. The van der Waals surface area contributed by atoms with E-state index in [9.17, 15) is 0 Å². The minimum atomic E-state index is -0.0233. The van der Waals surface area contributed by atoms with E-state index in [0.717, 1.165) is 73.7 Å². The molecule has 0 N–H and O–H groups in total. The van der Waals surface area contributed by atoms with Crippen LogP contribution in [0, 0.1) is 0 Å². The van der Waals surface area contributed by atoms with E-state index in [1.165, 1.54) is 16.4 Å². The van der Waals surface area contributed by atoms with Crippen LogP contribution in [0.25, 0.3) is 22.5 Å². The standard InChI is InChI=1S/C52H36BN5/c1-3-19-37(20-4-1)56(38-21-5-2-6-22-38)39-35-50-52-51(36-39)58(47-30-12-8-24-41(47)45-28-16-18-34-55-45)49-32-14-10-26-43(49)53(52)42-25-9-13-31-48(42)57(50)46-29-11-7-23-40(46)44-27-15-17-33-54-44/h1-36H. The highest BCUT2D eigenvalue weighted by molar-refractivity contribution is 7.00. The van der Waals surface area contributed by atoms with Gasteiger partial charge in [0.2, 0.25) is 0 Å². The molecule has 2 aliphatic rings. The third-order valence-electron chi connectivity index (χ3n) is 11.3. The van der Waals surface area contributed by atoms with Gasteiger partial charge >= 0.3 is 0 Å². The second-order valence-electron chi connectivity index (χ2n) is 14.6. The van der Waals surface area contributed by atoms with Crippen LogP contribution in [0.2, 0.25) is 0 Å². The van der Waals surface area contributed by atoms with E-state index >= 15 is 0 Å². The zero-order chi connectivity index (χ0) is 38.4. The Morgan fingerprint density at radius 1 is 0.345 bits per heavy atom. The number of hydrogen-bond donors (Lipinski definition) is 0. The van der Waals surface area contributed by atoms with Crippen molar-refractivity contribution in [3.63, 3.8) is 0 Å². The van der Waals surface area contributed by atoms with Crippen LogP contribution in [0.4, 0.5) is 51.2 Å². The molecule has 272 valence electrons. The zero-order valence-corrected chi connectivity index (χ0v) is 31.6. The molecule has 5 nitrogen and oxygen atoms in total. The molecule has 0 unspecified atom stereocenters. The fraction of sp³-hybridized carbons (Fsp3) is 0. The van der Waals surface area contributed by atoms with Gasteiger partial charge in [0.25, 0.3) is 6.71 Å². The molecule has 0 atom stereocenters. The van der Waals surface area contributed by atoms with Crippen LogP contribution >= 0.6 is 0 Å². The average Bonchev–Trinajstić information content (AvgIpc) is 3.30. The molecule has 7 aromatic carbocycles. The van der Waals surface area contributed by atoms with Gasteiger partial charge in [-0.05, 0) is 101 Å². The summed E-state index contributed by atoms with van der Waals surface area (Å²) in [6.07, 6.45) is 3.75. The van der Waals surface area contributed by atoms with Crippen molar-refractivity contribution in [3.8, 4) is 22.5 Å². The molecule has 0 aliphatic carbocycles. The van der Waals surface area contributed by atoms with E-state index in [1.807, 2.05) is 24.5 Å². The van der Waals surface area contributed by atoms with Gasteiger partial charge < -0.3 is 14.7 Å². The normalized spacial score (nSPS) is 12.4. The van der Waals surface area contributed by atoms with Crippen LogP contribution < -0.4 is 31.1 Å². The van der Waals surface area contributed by atoms with Crippen LogP contribution in [0.15, 0.2) is 219 Å². The lowest BCUT2D eigenvalue weighted by Crippen LogP contribution is -2.61. The number of hydrogen-bond acceptors (Lipinski definition) is 5. The van der Waals surface area contributed by atoms with Gasteiger partial charge in [-0.25, -0.2) is 0 Å². The van der Waals surface area contributed by atoms with Crippen LogP contribution in [0.3, 0.4) is 0 Å². The summed E-state index contributed by atoms with van der Waals surface area (Å²) in [7, 11) is 0. The van der Waals surface area contributed by atoms with Crippen molar-refractivity contribution >= 4 is 74.3 Å².